The molecular formula is C49H53F2N11O6. The molecule has 10 rings (SSSR count). The number of rotatable bonds is 7. The number of hydrogen-bond donors (Lipinski definition) is 2. The number of fused-ring (bicyclic) bond motifs is 3. The van der Waals surface area contributed by atoms with Gasteiger partial charge in [-0.05, 0) is 93.4 Å². The van der Waals surface area contributed by atoms with Crippen LogP contribution in [0.4, 0.5) is 25.1 Å². The first kappa shape index (κ1) is 44.9. The molecule has 68 heavy (non-hydrogen) atoms. The molecule has 4 aromatic rings. The zero-order valence-electron chi connectivity index (χ0n) is 38.1. The van der Waals surface area contributed by atoms with E-state index < -0.39 is 36.1 Å². The number of nitrogens with one attached hydrogen (secondary N) is 2. The second-order valence-electron chi connectivity index (χ2n) is 18.6. The molecule has 0 bridgehead atoms. The van der Waals surface area contributed by atoms with Gasteiger partial charge in [0.15, 0.2) is 5.82 Å². The second kappa shape index (κ2) is 18.3. The molecule has 6 aliphatic heterocycles. The highest BCUT2D eigenvalue weighted by Crippen LogP contribution is 2.44. The molecule has 3 saturated heterocycles. The molecule has 17 nitrogen and oxygen atoms in total. The third-order valence-electron chi connectivity index (χ3n) is 14.4. The molecule has 2 aromatic carbocycles. The number of urea groups is 1. The third-order valence-corrected chi connectivity index (χ3v) is 14.4. The first-order valence-electron chi connectivity index (χ1n) is 23.5. The quantitative estimate of drug-likeness (QED) is 0.200. The summed E-state index contributed by atoms with van der Waals surface area (Å²) in [5.74, 6) is 4.96. The Morgan fingerprint density at radius 2 is 1.71 bits per heavy atom. The SMILES string of the molecule is CNC(=O)N1CCc2c(c(N3CCCc4cc(-c5cnn(C)c5)c(C(F)F)cc43)nn2C2CCN(C(=O)CN3CCC(C#Cc4cccc5c4C(=O)N(C4CCC(=O)NC4=O)C5=O)CC3)CC2)C1. The van der Waals surface area contributed by atoms with Gasteiger partial charge in [0.1, 0.15) is 6.04 Å². The van der Waals surface area contributed by atoms with Gasteiger partial charge in [0.2, 0.25) is 17.7 Å². The molecule has 7 amide bonds. The molecule has 354 valence electrons. The largest absolute Gasteiger partial charge is 0.341 e. The van der Waals surface area contributed by atoms with E-state index in [1.165, 1.54) is 0 Å². The van der Waals surface area contributed by atoms with Crippen molar-refractivity contribution >= 4 is 47.1 Å². The molecule has 0 saturated carbocycles. The van der Waals surface area contributed by atoms with E-state index >= 15 is 0 Å². The highest BCUT2D eigenvalue weighted by molar-refractivity contribution is 6.24. The van der Waals surface area contributed by atoms with Crippen LogP contribution in [0.5, 0.6) is 0 Å². The van der Waals surface area contributed by atoms with Crippen molar-refractivity contribution in [1.29, 1.82) is 0 Å². The first-order chi connectivity index (χ1) is 32.9. The second-order valence-corrected chi connectivity index (χ2v) is 18.6. The minimum Gasteiger partial charge on any atom is -0.341 e. The van der Waals surface area contributed by atoms with E-state index in [9.17, 15) is 37.5 Å². The molecule has 0 spiro atoms. The molecule has 1 unspecified atom stereocenters. The van der Waals surface area contributed by atoms with Crippen molar-refractivity contribution < 1.29 is 37.5 Å². The Labute approximate surface area is 391 Å². The summed E-state index contributed by atoms with van der Waals surface area (Å²) in [4.78, 5) is 86.6. The predicted octanol–water partition coefficient (Wildman–Crippen LogP) is 4.33. The Hall–Kier alpha value is -6.94. The number of carbonyl (C=O) groups excluding carboxylic acids is 6. The molecular weight excluding hydrogens is 877 g/mol. The molecule has 0 radical (unpaired) electrons. The first-order valence-corrected chi connectivity index (χ1v) is 23.5. The summed E-state index contributed by atoms with van der Waals surface area (Å²) in [6.45, 7) is 4.20. The van der Waals surface area contributed by atoms with Crippen molar-refractivity contribution in [2.24, 2.45) is 13.0 Å². The highest BCUT2D eigenvalue weighted by atomic mass is 19.3. The average Bonchev–Trinajstić information content (AvgIpc) is 4.03. The number of hydrogen-bond acceptors (Lipinski definition) is 10. The zero-order valence-corrected chi connectivity index (χ0v) is 38.1. The fourth-order valence-corrected chi connectivity index (χ4v) is 10.8. The van der Waals surface area contributed by atoms with Gasteiger partial charge < -0.3 is 20.0 Å². The van der Waals surface area contributed by atoms with Crippen LogP contribution in [0.15, 0.2) is 42.7 Å². The van der Waals surface area contributed by atoms with Crippen molar-refractivity contribution in [2.45, 2.75) is 82.8 Å². The summed E-state index contributed by atoms with van der Waals surface area (Å²) in [7, 11) is 3.37. The lowest BCUT2D eigenvalue weighted by Gasteiger charge is -2.36. The smallest absolute Gasteiger partial charge is 0.317 e. The van der Waals surface area contributed by atoms with E-state index in [1.807, 2.05) is 11.0 Å². The van der Waals surface area contributed by atoms with Crippen molar-refractivity contribution in [1.82, 2.24) is 49.8 Å². The van der Waals surface area contributed by atoms with Crippen LogP contribution in [0, 0.1) is 17.8 Å². The van der Waals surface area contributed by atoms with Crippen LogP contribution in [-0.2, 0) is 40.8 Å². The van der Waals surface area contributed by atoms with Crippen LogP contribution < -0.4 is 15.5 Å². The molecule has 19 heteroatoms. The third kappa shape index (κ3) is 8.28. The number of nitrogens with zero attached hydrogens (tertiary/aromatic N) is 9. The number of piperidine rings is 3. The molecule has 0 aliphatic carbocycles. The Morgan fingerprint density at radius 3 is 2.43 bits per heavy atom. The van der Waals surface area contributed by atoms with E-state index in [0.29, 0.717) is 93.3 Å². The minimum absolute atomic E-state index is 0.0102. The van der Waals surface area contributed by atoms with Crippen LogP contribution >= 0.6 is 0 Å². The van der Waals surface area contributed by atoms with Crippen molar-refractivity contribution in [3.63, 3.8) is 0 Å². The fraction of sp³-hybridized carbons (Fsp3) is 0.469. The van der Waals surface area contributed by atoms with Gasteiger partial charge in [-0.1, -0.05) is 17.9 Å². The Kier molecular flexibility index (Phi) is 12.1. The lowest BCUT2D eigenvalue weighted by atomic mass is 9.92. The van der Waals surface area contributed by atoms with Crippen molar-refractivity contribution in [2.75, 3.05) is 57.8 Å². The van der Waals surface area contributed by atoms with Crippen LogP contribution in [0.1, 0.15) is 106 Å². The normalized spacial score (nSPS) is 20.3. The maximum absolute atomic E-state index is 14.8. The van der Waals surface area contributed by atoms with Gasteiger partial charge in [0.05, 0.1) is 36.5 Å². The van der Waals surface area contributed by atoms with Crippen molar-refractivity contribution in [3.05, 3.63) is 81.8 Å². The minimum atomic E-state index is -2.71. The summed E-state index contributed by atoms with van der Waals surface area (Å²) in [5.41, 5.74) is 5.45. The molecule has 6 aliphatic rings. The van der Waals surface area contributed by atoms with Crippen LogP contribution in [0.2, 0.25) is 0 Å². The average molecular weight is 930 g/mol. The molecule has 2 aromatic heterocycles. The van der Waals surface area contributed by atoms with Gasteiger partial charge in [-0.2, -0.15) is 10.2 Å². The number of amides is 7. The number of likely N-dealkylation sites (tertiary alicyclic amines) is 2. The Balaban J connectivity index is 0.790. The monoisotopic (exact) mass is 929 g/mol. The summed E-state index contributed by atoms with van der Waals surface area (Å²) in [6, 6.07) is 7.18. The number of carbonyl (C=O) groups is 6. The lowest BCUT2D eigenvalue weighted by Crippen LogP contribution is -2.54. The maximum atomic E-state index is 14.8. The van der Waals surface area contributed by atoms with E-state index in [4.69, 9.17) is 5.10 Å². The van der Waals surface area contributed by atoms with E-state index in [0.717, 1.165) is 47.4 Å². The molecule has 8 heterocycles. The summed E-state index contributed by atoms with van der Waals surface area (Å²) < 4.78 is 33.2. The predicted molar refractivity (Wildman–Crippen MR) is 244 cm³/mol. The molecule has 2 N–H and O–H groups in total. The topological polar surface area (TPSA) is 178 Å². The number of benzene rings is 2. The number of anilines is 2. The Bertz CT molecular complexity index is 2790. The number of aryl methyl sites for hydroxylation is 2. The Morgan fingerprint density at radius 1 is 0.912 bits per heavy atom. The van der Waals surface area contributed by atoms with Gasteiger partial charge in [-0.25, -0.2) is 13.6 Å². The van der Waals surface area contributed by atoms with Gasteiger partial charge in [-0.3, -0.25) is 48.5 Å². The summed E-state index contributed by atoms with van der Waals surface area (Å²) in [6.07, 6.45) is 5.74. The van der Waals surface area contributed by atoms with E-state index in [2.05, 4.69) is 42.1 Å². The molecule has 3 fully saturated rings. The van der Waals surface area contributed by atoms with E-state index in [-0.39, 0.29) is 60.0 Å². The van der Waals surface area contributed by atoms with Gasteiger partial charge in [0, 0.05) is 98.9 Å². The van der Waals surface area contributed by atoms with Crippen molar-refractivity contribution in [3.8, 4) is 23.0 Å². The van der Waals surface area contributed by atoms with Gasteiger partial charge in [0.25, 0.3) is 18.2 Å². The summed E-state index contributed by atoms with van der Waals surface area (Å²) in [5, 5.41) is 14.5. The van der Waals surface area contributed by atoms with Crippen LogP contribution in [0.3, 0.4) is 0 Å². The van der Waals surface area contributed by atoms with E-state index in [1.54, 1.807) is 60.3 Å². The number of aromatic nitrogens is 4. The van der Waals surface area contributed by atoms with Gasteiger partial charge >= 0.3 is 6.03 Å². The number of imide groups is 2. The van der Waals surface area contributed by atoms with Crippen LogP contribution in [0.25, 0.3) is 11.1 Å². The fourth-order valence-electron chi connectivity index (χ4n) is 10.8. The summed E-state index contributed by atoms with van der Waals surface area (Å²) >= 11 is 0. The zero-order chi connectivity index (χ0) is 47.4. The number of alkyl halides is 2. The van der Waals surface area contributed by atoms with Gasteiger partial charge in [-0.15, -0.1) is 0 Å². The maximum Gasteiger partial charge on any atom is 0.317 e. The molecule has 1 atom stereocenters. The standard InChI is InChI=1S/C49H53F2N11O6/c1-52-49(68)59-22-16-38-37(27-59)45(60-17-4-6-31-23-35(32-25-53-56(2)26-32)36(44(50)51)24-40(31)60)55-62(38)33-14-20-58(21-15-33)42(64)28-57-18-12-29(13-19-57)8-9-30-5-3-7-34-43(30)48(67)61(47(34)66)39-10-11-41(63)54-46(39)65/h3,5,7,23-26,29,33,39,44H,4,6,10-22,27-28H2,1-2H3,(H,52,68)(H,54,63,65). The van der Waals surface area contributed by atoms with Crippen LogP contribution in [-0.4, -0.2) is 134 Å². The number of halogens is 2. The lowest BCUT2D eigenvalue weighted by molar-refractivity contribution is -0.136. The highest BCUT2D eigenvalue weighted by Gasteiger charge is 2.45.